The van der Waals surface area contributed by atoms with Crippen LogP contribution in [0.25, 0.3) is 0 Å². The lowest BCUT2D eigenvalue weighted by atomic mass is 10.1. The molecule has 1 unspecified atom stereocenters. The third kappa shape index (κ3) is 3.68. The van der Waals surface area contributed by atoms with E-state index in [-0.39, 0.29) is 12.3 Å². The van der Waals surface area contributed by atoms with Crippen LogP contribution in [0.2, 0.25) is 0 Å². The molecule has 1 fully saturated rings. The van der Waals surface area contributed by atoms with Crippen molar-refractivity contribution in [1.29, 1.82) is 0 Å². The Balaban J connectivity index is 2.05. The van der Waals surface area contributed by atoms with Gasteiger partial charge >= 0.3 is 0 Å². The second-order valence-corrected chi connectivity index (χ2v) is 5.20. The highest BCUT2D eigenvalue weighted by Gasteiger charge is 2.22. The number of likely N-dealkylation sites (tertiary alicyclic amines) is 1. The number of aliphatic hydroxyl groups excluding tert-OH is 1. The monoisotopic (exact) mass is 280 g/mol. The van der Waals surface area contributed by atoms with Gasteiger partial charge in [-0.05, 0) is 36.9 Å². The summed E-state index contributed by atoms with van der Waals surface area (Å²) in [5.41, 5.74) is 0.950. The van der Waals surface area contributed by atoms with Gasteiger partial charge in [-0.15, -0.1) is 0 Å². The summed E-state index contributed by atoms with van der Waals surface area (Å²) in [5.74, 6) is 1.04. The molecule has 0 radical (unpaired) electrons. The molecule has 2 rings (SSSR count). The molecule has 0 bridgehead atoms. The maximum atomic E-state index is 10.9. The predicted molar refractivity (Wildman–Crippen MR) is 74.7 cm³/mol. The summed E-state index contributed by atoms with van der Waals surface area (Å²) >= 11 is 0. The third-order valence-corrected chi connectivity index (χ3v) is 3.71. The maximum absolute atomic E-state index is 10.9. The zero-order chi connectivity index (χ0) is 14.5. The molecule has 1 heterocycles. The van der Waals surface area contributed by atoms with E-state index in [9.17, 15) is 10.1 Å². The first-order chi connectivity index (χ1) is 9.62. The van der Waals surface area contributed by atoms with Gasteiger partial charge in [0.15, 0.2) is 0 Å². The molecule has 6 heteroatoms. The highest BCUT2D eigenvalue weighted by atomic mass is 16.6. The van der Waals surface area contributed by atoms with Gasteiger partial charge in [-0.1, -0.05) is 0 Å². The number of nitro groups is 1. The number of ether oxygens (including phenoxy) is 1. The van der Waals surface area contributed by atoms with Gasteiger partial charge in [0.05, 0.1) is 18.1 Å². The van der Waals surface area contributed by atoms with Gasteiger partial charge in [0.2, 0.25) is 0 Å². The molecule has 0 aliphatic carbocycles. The molecule has 1 N–H and O–H groups in total. The summed E-state index contributed by atoms with van der Waals surface area (Å²) in [7, 11) is 1.51. The topological polar surface area (TPSA) is 75.8 Å². The molecular formula is C14H20N2O4. The summed E-state index contributed by atoms with van der Waals surface area (Å²) in [4.78, 5) is 12.8. The normalized spacial score (nSPS) is 19.2. The molecule has 20 heavy (non-hydrogen) atoms. The lowest BCUT2D eigenvalue weighted by molar-refractivity contribution is -0.385. The van der Waals surface area contributed by atoms with Crippen molar-refractivity contribution < 1.29 is 14.8 Å². The first kappa shape index (κ1) is 14.7. The van der Waals surface area contributed by atoms with E-state index in [0.29, 0.717) is 18.2 Å². The quantitative estimate of drug-likeness (QED) is 0.635. The van der Waals surface area contributed by atoms with Crippen molar-refractivity contribution in [3.05, 3.63) is 33.9 Å². The van der Waals surface area contributed by atoms with Gasteiger partial charge in [0.1, 0.15) is 5.75 Å². The summed E-state index contributed by atoms with van der Waals surface area (Å²) in [6.45, 7) is 2.81. The number of nitro benzene ring substituents is 1. The van der Waals surface area contributed by atoms with Crippen molar-refractivity contribution in [3.8, 4) is 5.75 Å². The minimum Gasteiger partial charge on any atom is -0.496 e. The van der Waals surface area contributed by atoms with E-state index in [4.69, 9.17) is 9.84 Å². The average Bonchev–Trinajstić information content (AvgIpc) is 2.86. The Kier molecular flexibility index (Phi) is 4.92. The Hall–Kier alpha value is -1.66. The smallest absolute Gasteiger partial charge is 0.273 e. The van der Waals surface area contributed by atoms with Crippen molar-refractivity contribution in [3.63, 3.8) is 0 Å². The molecule has 0 spiro atoms. The number of hydrogen-bond donors (Lipinski definition) is 1. The Morgan fingerprint density at radius 1 is 1.50 bits per heavy atom. The second-order valence-electron chi connectivity index (χ2n) is 5.20. The molecule has 1 saturated heterocycles. The summed E-state index contributed by atoms with van der Waals surface area (Å²) in [5, 5.41) is 19.9. The number of hydrogen-bond acceptors (Lipinski definition) is 5. The number of aliphatic hydroxyl groups is 1. The molecule has 1 aromatic rings. The van der Waals surface area contributed by atoms with Crippen LogP contribution in [0.1, 0.15) is 18.4 Å². The molecule has 1 atom stereocenters. The Morgan fingerprint density at radius 3 is 2.95 bits per heavy atom. The van der Waals surface area contributed by atoms with Crippen LogP contribution in [-0.2, 0) is 6.54 Å². The van der Waals surface area contributed by atoms with E-state index < -0.39 is 4.92 Å². The van der Waals surface area contributed by atoms with Crippen LogP contribution >= 0.6 is 0 Å². The van der Waals surface area contributed by atoms with Gasteiger partial charge in [0.25, 0.3) is 5.69 Å². The minimum atomic E-state index is -0.398. The molecule has 0 aromatic heterocycles. The molecule has 1 aromatic carbocycles. The van der Waals surface area contributed by atoms with E-state index >= 15 is 0 Å². The van der Waals surface area contributed by atoms with E-state index in [1.165, 1.54) is 13.2 Å². The molecule has 1 aliphatic rings. The van der Waals surface area contributed by atoms with E-state index in [1.807, 2.05) is 6.07 Å². The Labute approximate surface area is 118 Å². The molecule has 110 valence electrons. The van der Waals surface area contributed by atoms with Crippen molar-refractivity contribution in [2.24, 2.45) is 5.92 Å². The van der Waals surface area contributed by atoms with Crippen LogP contribution in [-0.4, -0.2) is 41.7 Å². The van der Waals surface area contributed by atoms with Crippen molar-refractivity contribution in [1.82, 2.24) is 4.90 Å². The van der Waals surface area contributed by atoms with Crippen LogP contribution in [0.15, 0.2) is 18.2 Å². The van der Waals surface area contributed by atoms with Gasteiger partial charge in [-0.2, -0.15) is 0 Å². The minimum absolute atomic E-state index is 0.0606. The van der Waals surface area contributed by atoms with Gasteiger partial charge in [-0.25, -0.2) is 0 Å². The average molecular weight is 280 g/mol. The maximum Gasteiger partial charge on any atom is 0.273 e. The zero-order valence-corrected chi connectivity index (χ0v) is 11.6. The number of methoxy groups -OCH3 is 1. The zero-order valence-electron chi connectivity index (χ0n) is 11.6. The molecule has 1 aliphatic heterocycles. The second kappa shape index (κ2) is 6.67. The summed E-state index contributed by atoms with van der Waals surface area (Å²) in [6, 6.07) is 4.87. The van der Waals surface area contributed by atoms with Crippen LogP contribution in [0.5, 0.6) is 5.75 Å². The molecule has 0 saturated carbocycles. The SMILES string of the molecule is COc1cc(CN2CCC(CCO)C2)cc([N+](=O)[O-])c1. The fraction of sp³-hybridized carbons (Fsp3) is 0.571. The number of nitrogens with zero attached hydrogens (tertiary/aromatic N) is 2. The van der Waals surface area contributed by atoms with Gasteiger partial charge in [0, 0.05) is 25.8 Å². The first-order valence-corrected chi connectivity index (χ1v) is 6.78. The summed E-state index contributed by atoms with van der Waals surface area (Å²) < 4.78 is 5.11. The Morgan fingerprint density at radius 2 is 2.30 bits per heavy atom. The number of non-ortho nitro benzene ring substituents is 1. The standard InChI is InChI=1S/C14H20N2O4/c1-20-14-7-12(6-13(8-14)16(18)19)10-15-4-2-11(9-15)3-5-17/h6-8,11,17H,2-5,9-10H2,1H3. The van der Waals surface area contributed by atoms with Crippen LogP contribution in [0.4, 0.5) is 5.69 Å². The van der Waals surface area contributed by atoms with Crippen LogP contribution in [0.3, 0.4) is 0 Å². The number of benzene rings is 1. The van der Waals surface area contributed by atoms with Crippen LogP contribution < -0.4 is 4.74 Å². The largest absolute Gasteiger partial charge is 0.496 e. The van der Waals surface area contributed by atoms with Crippen molar-refractivity contribution >= 4 is 5.69 Å². The van der Waals surface area contributed by atoms with E-state index in [0.717, 1.165) is 31.5 Å². The third-order valence-electron chi connectivity index (χ3n) is 3.71. The van der Waals surface area contributed by atoms with E-state index in [1.54, 1.807) is 6.07 Å². The molecule has 6 nitrogen and oxygen atoms in total. The van der Waals surface area contributed by atoms with E-state index in [2.05, 4.69) is 4.90 Å². The summed E-state index contributed by atoms with van der Waals surface area (Å²) in [6.07, 6.45) is 1.90. The van der Waals surface area contributed by atoms with Crippen molar-refractivity contribution in [2.45, 2.75) is 19.4 Å². The Bertz CT molecular complexity index is 478. The van der Waals surface area contributed by atoms with Crippen molar-refractivity contribution in [2.75, 3.05) is 26.8 Å². The predicted octanol–water partition coefficient (Wildman–Crippen LogP) is 1.81. The first-order valence-electron chi connectivity index (χ1n) is 6.78. The highest BCUT2D eigenvalue weighted by molar-refractivity contribution is 5.42. The molecule has 0 amide bonds. The van der Waals surface area contributed by atoms with Gasteiger partial charge in [-0.3, -0.25) is 15.0 Å². The van der Waals surface area contributed by atoms with Crippen LogP contribution in [0, 0.1) is 16.0 Å². The fourth-order valence-electron chi connectivity index (χ4n) is 2.69. The fourth-order valence-corrected chi connectivity index (χ4v) is 2.69. The lowest BCUT2D eigenvalue weighted by Crippen LogP contribution is -2.20. The highest BCUT2D eigenvalue weighted by Crippen LogP contribution is 2.26. The lowest BCUT2D eigenvalue weighted by Gasteiger charge is -2.16. The molecular weight excluding hydrogens is 260 g/mol. The number of rotatable bonds is 6. The van der Waals surface area contributed by atoms with Gasteiger partial charge < -0.3 is 9.84 Å².